The molecule has 17 heavy (non-hydrogen) atoms. The molecule has 0 bridgehead atoms. The predicted molar refractivity (Wildman–Crippen MR) is 72.1 cm³/mol. The van der Waals surface area contributed by atoms with E-state index in [2.05, 4.69) is 11.8 Å². The number of halogens is 1. The van der Waals surface area contributed by atoms with E-state index in [4.69, 9.17) is 11.6 Å². The summed E-state index contributed by atoms with van der Waals surface area (Å²) in [6, 6.07) is 5.68. The van der Waals surface area contributed by atoms with E-state index in [1.807, 2.05) is 12.1 Å². The smallest absolute Gasteiger partial charge is 0.151 e. The summed E-state index contributed by atoms with van der Waals surface area (Å²) in [6.07, 6.45) is 4.86. The third-order valence-electron chi connectivity index (χ3n) is 3.56. The summed E-state index contributed by atoms with van der Waals surface area (Å²) >= 11 is 6.06. The van der Waals surface area contributed by atoms with E-state index < -0.39 is 0 Å². The summed E-state index contributed by atoms with van der Waals surface area (Å²) in [6.45, 7) is 4.24. The Morgan fingerprint density at radius 1 is 1.47 bits per heavy atom. The number of anilines is 1. The van der Waals surface area contributed by atoms with Crippen LogP contribution in [0.5, 0.6) is 0 Å². The maximum Gasteiger partial charge on any atom is 0.151 e. The van der Waals surface area contributed by atoms with Crippen molar-refractivity contribution in [1.82, 2.24) is 0 Å². The first-order chi connectivity index (χ1) is 8.24. The highest BCUT2D eigenvalue weighted by Gasteiger charge is 2.20. The van der Waals surface area contributed by atoms with Crippen molar-refractivity contribution < 1.29 is 4.79 Å². The lowest BCUT2D eigenvalue weighted by Crippen LogP contribution is -2.32. The molecule has 0 aromatic heterocycles. The van der Waals surface area contributed by atoms with Crippen LogP contribution in [0.15, 0.2) is 18.2 Å². The van der Waals surface area contributed by atoms with Crippen molar-refractivity contribution in [1.29, 1.82) is 0 Å². The summed E-state index contributed by atoms with van der Waals surface area (Å²) in [7, 11) is 0. The van der Waals surface area contributed by atoms with Crippen LogP contribution in [0.3, 0.4) is 0 Å². The fraction of sp³-hybridized carbons (Fsp3) is 0.500. The number of rotatable bonds is 5. The molecule has 1 aromatic rings. The number of aldehydes is 1. The van der Waals surface area contributed by atoms with Crippen LogP contribution in [0, 0.1) is 5.92 Å². The topological polar surface area (TPSA) is 20.3 Å². The van der Waals surface area contributed by atoms with Gasteiger partial charge in [0.2, 0.25) is 0 Å². The molecule has 0 N–H and O–H groups in total. The first-order valence-electron chi connectivity index (χ1n) is 6.24. The molecule has 2 rings (SSSR count). The van der Waals surface area contributed by atoms with Gasteiger partial charge in [0.15, 0.2) is 6.29 Å². The van der Waals surface area contributed by atoms with Crippen LogP contribution in [0.25, 0.3) is 0 Å². The minimum atomic E-state index is 0.546. The number of hydrogen-bond acceptors (Lipinski definition) is 2. The largest absolute Gasteiger partial charge is 0.371 e. The zero-order chi connectivity index (χ0) is 12.3. The Labute approximate surface area is 108 Å². The molecule has 0 amide bonds. The Kier molecular flexibility index (Phi) is 4.06. The minimum Gasteiger partial charge on any atom is -0.371 e. The van der Waals surface area contributed by atoms with Gasteiger partial charge in [-0.2, -0.15) is 0 Å². The molecule has 0 atom stereocenters. The Bertz CT molecular complexity index is 401. The lowest BCUT2D eigenvalue weighted by molar-refractivity contribution is 0.112. The van der Waals surface area contributed by atoms with Gasteiger partial charge >= 0.3 is 0 Å². The van der Waals surface area contributed by atoms with Gasteiger partial charge in [-0.05, 0) is 43.9 Å². The summed E-state index contributed by atoms with van der Waals surface area (Å²) in [5.41, 5.74) is 1.69. The zero-order valence-electron chi connectivity index (χ0n) is 10.2. The number of carbonyl (C=O) groups excluding carboxylic acids is 1. The lowest BCUT2D eigenvalue weighted by Gasteiger charge is -2.33. The van der Waals surface area contributed by atoms with E-state index in [1.54, 1.807) is 6.07 Å². The maximum absolute atomic E-state index is 10.7. The fourth-order valence-corrected chi connectivity index (χ4v) is 2.43. The normalized spacial score (nSPS) is 15.4. The molecule has 1 fully saturated rings. The molecular weight excluding hydrogens is 234 g/mol. The van der Waals surface area contributed by atoms with Gasteiger partial charge in [0.1, 0.15) is 0 Å². The van der Waals surface area contributed by atoms with Crippen LogP contribution in [0.4, 0.5) is 5.69 Å². The maximum atomic E-state index is 10.7. The van der Waals surface area contributed by atoms with Crippen LogP contribution < -0.4 is 4.90 Å². The first kappa shape index (κ1) is 12.4. The van der Waals surface area contributed by atoms with E-state index >= 15 is 0 Å². The van der Waals surface area contributed by atoms with Gasteiger partial charge in [-0.1, -0.05) is 18.0 Å². The summed E-state index contributed by atoms with van der Waals surface area (Å²) in [5.74, 6) is 0.833. The molecule has 0 saturated heterocycles. The van der Waals surface area contributed by atoms with E-state index in [0.29, 0.717) is 10.6 Å². The van der Waals surface area contributed by atoms with Gasteiger partial charge in [-0.3, -0.25) is 4.79 Å². The fourth-order valence-electron chi connectivity index (χ4n) is 2.21. The Hall–Kier alpha value is -1.02. The zero-order valence-corrected chi connectivity index (χ0v) is 10.9. The quantitative estimate of drug-likeness (QED) is 0.743. The molecule has 0 heterocycles. The van der Waals surface area contributed by atoms with Crippen LogP contribution in [0.1, 0.15) is 36.5 Å². The molecule has 1 aromatic carbocycles. The van der Waals surface area contributed by atoms with Gasteiger partial charge in [0.25, 0.3) is 0 Å². The molecule has 0 radical (unpaired) electrons. The second kappa shape index (κ2) is 5.54. The van der Waals surface area contributed by atoms with Gasteiger partial charge in [0.05, 0.1) is 5.02 Å². The van der Waals surface area contributed by atoms with Crippen LogP contribution >= 0.6 is 11.6 Å². The van der Waals surface area contributed by atoms with Crippen molar-refractivity contribution >= 4 is 23.6 Å². The standard InChI is InChI=1S/C14H18ClNO/c1-2-16(9-11-4-3-5-11)13-7-6-12(10-17)14(15)8-13/h6-8,10-11H,2-5,9H2,1H3. The molecule has 2 nitrogen and oxygen atoms in total. The monoisotopic (exact) mass is 251 g/mol. The molecule has 1 aliphatic carbocycles. The van der Waals surface area contributed by atoms with Crippen LogP contribution in [-0.2, 0) is 0 Å². The molecule has 0 aliphatic heterocycles. The molecule has 1 aliphatic rings. The van der Waals surface area contributed by atoms with E-state index in [0.717, 1.165) is 31.0 Å². The summed E-state index contributed by atoms with van der Waals surface area (Å²) in [4.78, 5) is 13.1. The molecular formula is C14H18ClNO. The number of nitrogens with zero attached hydrogens (tertiary/aromatic N) is 1. The van der Waals surface area contributed by atoms with Crippen molar-refractivity contribution in [3.05, 3.63) is 28.8 Å². The van der Waals surface area contributed by atoms with Crippen molar-refractivity contribution in [2.75, 3.05) is 18.0 Å². The van der Waals surface area contributed by atoms with Crippen molar-refractivity contribution in [2.24, 2.45) is 5.92 Å². The first-order valence-corrected chi connectivity index (χ1v) is 6.62. The third kappa shape index (κ3) is 2.81. The van der Waals surface area contributed by atoms with Crippen molar-refractivity contribution in [3.63, 3.8) is 0 Å². The molecule has 0 spiro atoms. The molecule has 3 heteroatoms. The van der Waals surface area contributed by atoms with Crippen molar-refractivity contribution in [2.45, 2.75) is 26.2 Å². The highest BCUT2D eigenvalue weighted by molar-refractivity contribution is 6.33. The second-order valence-corrected chi connectivity index (χ2v) is 5.07. The molecule has 1 saturated carbocycles. The highest BCUT2D eigenvalue weighted by Crippen LogP contribution is 2.30. The van der Waals surface area contributed by atoms with Gasteiger partial charge in [-0.25, -0.2) is 0 Å². The average Bonchev–Trinajstić information content (AvgIpc) is 2.28. The van der Waals surface area contributed by atoms with E-state index in [9.17, 15) is 4.79 Å². The number of hydrogen-bond donors (Lipinski definition) is 0. The number of benzene rings is 1. The van der Waals surface area contributed by atoms with Crippen molar-refractivity contribution in [3.8, 4) is 0 Å². The Balaban J connectivity index is 2.12. The van der Waals surface area contributed by atoms with Crippen LogP contribution in [-0.4, -0.2) is 19.4 Å². The summed E-state index contributed by atoms with van der Waals surface area (Å²) < 4.78 is 0. The SMILES string of the molecule is CCN(CC1CCC1)c1ccc(C=O)c(Cl)c1. The highest BCUT2D eigenvalue weighted by atomic mass is 35.5. The lowest BCUT2D eigenvalue weighted by atomic mass is 9.85. The Morgan fingerprint density at radius 3 is 2.71 bits per heavy atom. The van der Waals surface area contributed by atoms with E-state index in [1.165, 1.54) is 19.3 Å². The molecule has 92 valence electrons. The van der Waals surface area contributed by atoms with Gasteiger partial charge in [0, 0.05) is 24.3 Å². The molecule has 0 unspecified atom stereocenters. The Morgan fingerprint density at radius 2 is 2.24 bits per heavy atom. The summed E-state index contributed by atoms with van der Waals surface area (Å²) in [5, 5.41) is 0.546. The minimum absolute atomic E-state index is 0.546. The van der Waals surface area contributed by atoms with Gasteiger partial charge in [-0.15, -0.1) is 0 Å². The van der Waals surface area contributed by atoms with Gasteiger partial charge < -0.3 is 4.90 Å². The average molecular weight is 252 g/mol. The predicted octanol–water partition coefficient (Wildman–Crippen LogP) is 3.78. The van der Waals surface area contributed by atoms with Crippen LogP contribution in [0.2, 0.25) is 5.02 Å². The second-order valence-electron chi connectivity index (χ2n) is 4.66. The van der Waals surface area contributed by atoms with E-state index in [-0.39, 0.29) is 0 Å². The third-order valence-corrected chi connectivity index (χ3v) is 3.89. The number of carbonyl (C=O) groups is 1.